The van der Waals surface area contributed by atoms with Crippen molar-refractivity contribution in [1.82, 2.24) is 9.55 Å². The number of nitrogens with two attached hydrogens (primary N) is 1. The van der Waals surface area contributed by atoms with E-state index in [1.54, 1.807) is 0 Å². The highest BCUT2D eigenvalue weighted by molar-refractivity contribution is 5.23. The predicted molar refractivity (Wildman–Crippen MR) is 54.0 cm³/mol. The summed E-state index contributed by atoms with van der Waals surface area (Å²) < 4.78 is 13.7. The lowest BCUT2D eigenvalue weighted by Crippen LogP contribution is -2.23. The highest BCUT2D eigenvalue weighted by Crippen LogP contribution is 2.06. The van der Waals surface area contributed by atoms with Crippen molar-refractivity contribution in [2.45, 2.75) is 19.9 Å². The Bertz CT molecular complexity index is 435. The molecule has 0 saturated heterocycles. The van der Waals surface area contributed by atoms with Crippen LogP contribution in [0.15, 0.2) is 28.6 Å². The van der Waals surface area contributed by atoms with Crippen molar-refractivity contribution < 1.29 is 9.50 Å². The number of aliphatic hydroxyl groups excluding tert-OH is 1. The van der Waals surface area contributed by atoms with Crippen LogP contribution in [0.1, 0.15) is 13.3 Å². The molecule has 1 heterocycles. The second kappa shape index (κ2) is 4.59. The number of aryl methyl sites for hydroxylation is 1. The number of aliphatic hydroxyl groups is 1. The summed E-state index contributed by atoms with van der Waals surface area (Å²) >= 11 is 0. The molecule has 0 saturated carbocycles. The minimum Gasteiger partial charge on any atom is -0.510 e. The fourth-order valence-electron chi connectivity index (χ4n) is 1.01. The highest BCUT2D eigenvalue weighted by Gasteiger charge is 2.02. The average Bonchev–Trinajstić information content (AvgIpc) is 2.15. The molecule has 1 aromatic heterocycles. The smallest absolute Gasteiger partial charge is 0.349 e. The molecular weight excluding hydrogens is 201 g/mol. The molecule has 0 amide bonds. The molecule has 1 rings (SSSR count). The maximum absolute atomic E-state index is 12.5. The van der Waals surface area contributed by atoms with Crippen LogP contribution < -0.4 is 11.4 Å². The lowest BCUT2D eigenvalue weighted by molar-refractivity contribution is 0.349. The zero-order chi connectivity index (χ0) is 11.4. The van der Waals surface area contributed by atoms with Gasteiger partial charge in [-0.2, -0.15) is 4.98 Å². The van der Waals surface area contributed by atoms with E-state index in [1.807, 2.05) is 0 Å². The summed E-state index contributed by atoms with van der Waals surface area (Å²) in [6.07, 6.45) is 1.50. The third-order valence-corrected chi connectivity index (χ3v) is 1.88. The SMILES string of the molecule is C/C(F)=C(\O)CCn1ccc(N)nc1=O. The maximum Gasteiger partial charge on any atom is 0.349 e. The summed E-state index contributed by atoms with van der Waals surface area (Å²) in [5.74, 6) is -0.872. The van der Waals surface area contributed by atoms with Crippen molar-refractivity contribution in [1.29, 1.82) is 0 Å². The van der Waals surface area contributed by atoms with Crippen molar-refractivity contribution in [3.63, 3.8) is 0 Å². The molecule has 1 aromatic rings. The van der Waals surface area contributed by atoms with E-state index in [-0.39, 0.29) is 24.5 Å². The Morgan fingerprint density at radius 1 is 1.73 bits per heavy atom. The van der Waals surface area contributed by atoms with Gasteiger partial charge in [0.05, 0.1) is 0 Å². The Labute approximate surface area is 85.7 Å². The lowest BCUT2D eigenvalue weighted by Gasteiger charge is -2.04. The molecule has 3 N–H and O–H groups in total. The van der Waals surface area contributed by atoms with Crippen LogP contribution in [-0.2, 0) is 6.54 Å². The molecule has 6 heteroatoms. The van der Waals surface area contributed by atoms with Gasteiger partial charge in [0.15, 0.2) is 0 Å². The van der Waals surface area contributed by atoms with Crippen LogP contribution in [0.3, 0.4) is 0 Å². The van der Waals surface area contributed by atoms with Crippen LogP contribution in [0.25, 0.3) is 0 Å². The Morgan fingerprint density at radius 2 is 2.40 bits per heavy atom. The topological polar surface area (TPSA) is 81.1 Å². The molecule has 82 valence electrons. The van der Waals surface area contributed by atoms with Crippen LogP contribution in [0.4, 0.5) is 10.2 Å². The fourth-order valence-corrected chi connectivity index (χ4v) is 1.01. The zero-order valence-corrected chi connectivity index (χ0v) is 8.27. The number of anilines is 1. The van der Waals surface area contributed by atoms with Gasteiger partial charge in [0.25, 0.3) is 0 Å². The van der Waals surface area contributed by atoms with Crippen LogP contribution in [-0.4, -0.2) is 14.7 Å². The van der Waals surface area contributed by atoms with Crippen molar-refractivity contribution in [3.8, 4) is 0 Å². The average molecular weight is 213 g/mol. The van der Waals surface area contributed by atoms with E-state index in [2.05, 4.69) is 4.98 Å². The van der Waals surface area contributed by atoms with Gasteiger partial charge in [-0.3, -0.25) is 4.57 Å². The summed E-state index contributed by atoms with van der Waals surface area (Å²) in [5.41, 5.74) is 4.77. The number of hydrogen-bond donors (Lipinski definition) is 2. The molecule has 0 aliphatic carbocycles. The number of aromatic nitrogens is 2. The third kappa shape index (κ3) is 3.08. The largest absolute Gasteiger partial charge is 0.510 e. The summed E-state index contributed by atoms with van der Waals surface area (Å²) in [6.45, 7) is 1.32. The highest BCUT2D eigenvalue weighted by atomic mass is 19.1. The molecule has 0 radical (unpaired) electrons. The third-order valence-electron chi connectivity index (χ3n) is 1.88. The quantitative estimate of drug-likeness (QED) is 0.733. The zero-order valence-electron chi connectivity index (χ0n) is 8.27. The van der Waals surface area contributed by atoms with Crippen molar-refractivity contribution in [2.75, 3.05) is 5.73 Å². The number of allylic oxidation sites excluding steroid dienone is 2. The van der Waals surface area contributed by atoms with Crippen molar-refractivity contribution in [2.24, 2.45) is 0 Å². The summed E-state index contributed by atoms with van der Waals surface area (Å²) in [4.78, 5) is 14.7. The molecule has 0 unspecified atom stereocenters. The molecule has 0 aliphatic heterocycles. The van der Waals surface area contributed by atoms with Gasteiger partial charge < -0.3 is 10.8 Å². The molecule has 0 aliphatic rings. The molecule has 5 nitrogen and oxygen atoms in total. The fraction of sp³-hybridized carbons (Fsp3) is 0.333. The van der Waals surface area contributed by atoms with Gasteiger partial charge in [-0.15, -0.1) is 0 Å². The van der Waals surface area contributed by atoms with Gasteiger partial charge in [0, 0.05) is 19.2 Å². The van der Waals surface area contributed by atoms with Gasteiger partial charge in [-0.1, -0.05) is 0 Å². The Kier molecular flexibility index (Phi) is 3.43. The summed E-state index contributed by atoms with van der Waals surface area (Å²) in [6, 6.07) is 1.46. The van der Waals surface area contributed by atoms with Crippen LogP contribution in [0, 0.1) is 0 Å². The predicted octanol–water partition coefficient (Wildman–Crippen LogP) is 0.975. The van der Waals surface area contributed by atoms with E-state index in [0.29, 0.717) is 0 Å². The first kappa shape index (κ1) is 11.2. The van der Waals surface area contributed by atoms with Gasteiger partial charge >= 0.3 is 5.69 Å². The van der Waals surface area contributed by atoms with E-state index in [9.17, 15) is 9.18 Å². The first-order valence-electron chi connectivity index (χ1n) is 4.38. The van der Waals surface area contributed by atoms with Crippen molar-refractivity contribution in [3.05, 3.63) is 34.3 Å². The molecule has 0 aromatic carbocycles. The van der Waals surface area contributed by atoms with Gasteiger partial charge in [-0.25, -0.2) is 9.18 Å². The molecular formula is C9H12FN3O2. The van der Waals surface area contributed by atoms with Crippen LogP contribution >= 0.6 is 0 Å². The van der Waals surface area contributed by atoms with Gasteiger partial charge in [0.2, 0.25) is 0 Å². The Morgan fingerprint density at radius 3 is 2.93 bits per heavy atom. The van der Waals surface area contributed by atoms with E-state index in [1.165, 1.54) is 16.8 Å². The van der Waals surface area contributed by atoms with Crippen LogP contribution in [0.2, 0.25) is 0 Å². The molecule has 0 bridgehead atoms. The molecule has 0 fully saturated rings. The standard InChI is InChI=1S/C9H12FN3O2/c1-6(10)7(14)2-4-13-5-3-8(11)12-9(13)15/h3,5,14H,2,4H2,1H3,(H2,11,12,15)/b7-6+. The first-order chi connectivity index (χ1) is 7.00. The van der Waals surface area contributed by atoms with Crippen LogP contribution in [0.5, 0.6) is 0 Å². The molecule has 15 heavy (non-hydrogen) atoms. The van der Waals surface area contributed by atoms with Crippen molar-refractivity contribution >= 4 is 5.82 Å². The number of halogens is 1. The van der Waals surface area contributed by atoms with Gasteiger partial charge in [-0.05, 0) is 13.0 Å². The first-order valence-corrected chi connectivity index (χ1v) is 4.38. The molecule has 0 atom stereocenters. The Hall–Kier alpha value is -1.85. The lowest BCUT2D eigenvalue weighted by atomic mass is 10.3. The second-order valence-electron chi connectivity index (χ2n) is 3.06. The van der Waals surface area contributed by atoms with E-state index < -0.39 is 11.5 Å². The number of hydrogen-bond acceptors (Lipinski definition) is 4. The summed E-state index contributed by atoms with van der Waals surface area (Å²) in [5, 5.41) is 9.08. The normalized spacial score (nSPS) is 12.4. The number of nitrogens with zero attached hydrogens (tertiary/aromatic N) is 2. The number of rotatable bonds is 3. The van der Waals surface area contributed by atoms with Gasteiger partial charge in [0.1, 0.15) is 17.4 Å². The van der Waals surface area contributed by atoms with E-state index in [0.717, 1.165) is 6.92 Å². The minimum atomic E-state index is -0.647. The van der Waals surface area contributed by atoms with E-state index in [4.69, 9.17) is 10.8 Å². The second-order valence-corrected chi connectivity index (χ2v) is 3.06. The minimum absolute atomic E-state index is 0.0494. The maximum atomic E-state index is 12.5. The molecule has 0 spiro atoms. The Balaban J connectivity index is 2.75. The monoisotopic (exact) mass is 213 g/mol. The van der Waals surface area contributed by atoms with E-state index >= 15 is 0 Å². The summed E-state index contributed by atoms with van der Waals surface area (Å²) in [7, 11) is 0. The number of nitrogen functional groups attached to an aromatic ring is 1.